The molecule has 1 aromatic heterocycles. The highest BCUT2D eigenvalue weighted by atomic mass is 16.4. The van der Waals surface area contributed by atoms with Crippen molar-refractivity contribution in [3.63, 3.8) is 0 Å². The zero-order chi connectivity index (χ0) is 18.2. The molecule has 0 saturated carbocycles. The van der Waals surface area contributed by atoms with Crippen LogP contribution in [0, 0.1) is 13.1 Å². The lowest BCUT2D eigenvalue weighted by molar-refractivity contribution is 0.0697. The molecule has 0 saturated heterocycles. The predicted molar refractivity (Wildman–Crippen MR) is 87.9 cm³/mol. The van der Waals surface area contributed by atoms with E-state index in [4.69, 9.17) is 18.3 Å². The second kappa shape index (κ2) is 7.85. The van der Waals surface area contributed by atoms with Gasteiger partial charge in [-0.1, -0.05) is 30.3 Å². The maximum atomic E-state index is 11.1. The van der Waals surface area contributed by atoms with Gasteiger partial charge in [-0.15, -0.1) is 0 Å². The third-order valence-corrected chi connectivity index (χ3v) is 2.90. The molecule has 0 amide bonds. The van der Waals surface area contributed by atoms with Crippen LogP contribution in [0.25, 0.3) is 15.4 Å². The summed E-state index contributed by atoms with van der Waals surface area (Å²) in [5, 5.41) is 17.6. The van der Waals surface area contributed by atoms with Crippen LogP contribution < -0.4 is 5.69 Å². The highest BCUT2D eigenvalue weighted by molar-refractivity contribution is 5.88. The number of H-pyrrole nitrogens is 1. The molecule has 0 radical (unpaired) electrons. The van der Waals surface area contributed by atoms with Crippen molar-refractivity contribution in [2.75, 3.05) is 0 Å². The number of carboxylic acids is 1. The normalized spacial score (nSPS) is 9.20. The first-order valence-electron chi connectivity index (χ1n) is 6.74. The molecule has 0 aliphatic rings. The summed E-state index contributed by atoms with van der Waals surface area (Å²) in [4.78, 5) is 27.8. The maximum Gasteiger partial charge on any atom is 0.365 e. The number of nitrogens with one attached hydrogen (secondary N) is 1. The van der Waals surface area contributed by atoms with Gasteiger partial charge < -0.3 is 5.11 Å². The Hall–Kier alpha value is -4.24. The Kier molecular flexibility index (Phi) is 5.38. The Bertz CT molecular complexity index is 1040. The second-order valence-corrected chi connectivity index (χ2v) is 4.52. The van der Waals surface area contributed by atoms with Gasteiger partial charge in [-0.25, -0.2) is 24.4 Å². The van der Waals surface area contributed by atoms with Crippen LogP contribution in [-0.4, -0.2) is 31.3 Å². The molecule has 0 unspecified atom stereocenters. The van der Waals surface area contributed by atoms with Gasteiger partial charge in [0, 0.05) is 5.56 Å². The van der Waals surface area contributed by atoms with Crippen molar-refractivity contribution >= 4 is 17.3 Å². The summed E-state index contributed by atoms with van der Waals surface area (Å²) in [6.07, 6.45) is 0. The molecule has 1 heterocycles. The van der Waals surface area contributed by atoms with Crippen LogP contribution in [0.2, 0.25) is 0 Å². The zero-order valence-electron chi connectivity index (χ0n) is 12.6. The lowest BCUT2D eigenvalue weighted by Gasteiger charge is -1.97. The van der Waals surface area contributed by atoms with E-state index in [-0.39, 0.29) is 5.56 Å². The van der Waals surface area contributed by atoms with Crippen LogP contribution >= 0.6 is 0 Å². The maximum absolute atomic E-state index is 11.1. The van der Waals surface area contributed by atoms with E-state index in [9.17, 15) is 9.59 Å². The number of carboxylic acid groups (broad SMARTS) is 1. The number of aromatic nitrogens is 4. The molecule has 0 aliphatic carbocycles. The second-order valence-electron chi connectivity index (χ2n) is 4.52. The van der Waals surface area contributed by atoms with Crippen molar-refractivity contribution in [1.82, 2.24) is 20.2 Å². The molecule has 9 heteroatoms. The summed E-state index contributed by atoms with van der Waals surface area (Å²) < 4.78 is 1.09. The first-order chi connectivity index (χ1) is 12.0. The van der Waals surface area contributed by atoms with Gasteiger partial charge >= 0.3 is 11.7 Å². The summed E-state index contributed by atoms with van der Waals surface area (Å²) in [5.74, 6) is -1.00. The molecule has 25 heavy (non-hydrogen) atoms. The van der Waals surface area contributed by atoms with Crippen LogP contribution in [0.3, 0.4) is 0 Å². The lowest BCUT2D eigenvalue weighted by Crippen LogP contribution is -2.15. The Morgan fingerprint density at radius 3 is 2.28 bits per heavy atom. The summed E-state index contributed by atoms with van der Waals surface area (Å²) in [5.41, 5.74) is 1.06. The first-order valence-corrected chi connectivity index (χ1v) is 6.74. The molecule has 0 bridgehead atoms. The van der Waals surface area contributed by atoms with Crippen molar-refractivity contribution < 1.29 is 9.90 Å². The SMILES string of the molecule is [C-]#[N+]c1cccc(-n2nn[nH]c2=O)c1.[C-]#[N+]c1cccc(C(=O)O)c1. The smallest absolute Gasteiger partial charge is 0.365 e. The topological polar surface area (TPSA) is 110 Å². The fraction of sp³-hybridized carbons (Fsp3) is 0. The zero-order valence-corrected chi connectivity index (χ0v) is 12.6. The molecule has 3 aromatic rings. The first kappa shape index (κ1) is 17.1. The third-order valence-electron chi connectivity index (χ3n) is 2.90. The highest BCUT2D eigenvalue weighted by Crippen LogP contribution is 2.15. The summed E-state index contributed by atoms with van der Waals surface area (Å²) in [6, 6.07) is 12.5. The Morgan fingerprint density at radius 1 is 1.08 bits per heavy atom. The van der Waals surface area contributed by atoms with Crippen LogP contribution in [0.1, 0.15) is 10.4 Å². The van der Waals surface area contributed by atoms with E-state index in [1.54, 1.807) is 36.4 Å². The van der Waals surface area contributed by atoms with Crippen molar-refractivity contribution in [2.45, 2.75) is 0 Å². The Morgan fingerprint density at radius 2 is 1.72 bits per heavy atom. The number of aromatic carboxylic acids is 1. The minimum atomic E-state index is -1.00. The fourth-order valence-corrected chi connectivity index (χ4v) is 1.77. The van der Waals surface area contributed by atoms with Gasteiger partial charge in [0.05, 0.1) is 18.8 Å². The monoisotopic (exact) mass is 334 g/mol. The average molecular weight is 334 g/mol. The number of carbonyl (C=O) groups is 1. The van der Waals surface area contributed by atoms with E-state index in [1.165, 1.54) is 12.1 Å². The predicted octanol–water partition coefficient (Wildman–Crippen LogP) is 2.44. The van der Waals surface area contributed by atoms with Crippen molar-refractivity contribution in [2.24, 2.45) is 0 Å². The van der Waals surface area contributed by atoms with Gasteiger partial charge in [0.2, 0.25) is 0 Å². The quantitative estimate of drug-likeness (QED) is 0.700. The van der Waals surface area contributed by atoms with Crippen LogP contribution in [0.15, 0.2) is 53.3 Å². The fourth-order valence-electron chi connectivity index (χ4n) is 1.77. The molecule has 0 fully saturated rings. The minimum absolute atomic E-state index is 0.151. The number of benzene rings is 2. The standard InChI is InChI=1S/C8H5N5O.C8H5NO2/c1-9-6-3-2-4-7(5-6)13-8(14)10-11-12-13;1-9-7-4-2-3-6(5-7)8(10)11/h2-5H,(H,10,12,14);2-5H,(H,10,11). The van der Waals surface area contributed by atoms with Gasteiger partial charge in [-0.3, -0.25) is 0 Å². The number of tetrazole rings is 1. The van der Waals surface area contributed by atoms with Gasteiger partial charge in [0.15, 0.2) is 11.4 Å². The lowest BCUT2D eigenvalue weighted by atomic mass is 10.2. The molecular formula is C16H10N6O3. The van der Waals surface area contributed by atoms with Crippen molar-refractivity contribution in [3.05, 3.63) is 87.4 Å². The molecule has 0 atom stereocenters. The Labute approximate surface area is 141 Å². The largest absolute Gasteiger partial charge is 0.478 e. The molecule has 2 N–H and O–H groups in total. The van der Waals surface area contributed by atoms with Gasteiger partial charge in [-0.2, -0.15) is 4.68 Å². The highest BCUT2D eigenvalue weighted by Gasteiger charge is 2.02. The van der Waals surface area contributed by atoms with E-state index in [1.807, 2.05) is 0 Å². The van der Waals surface area contributed by atoms with E-state index < -0.39 is 11.7 Å². The summed E-state index contributed by atoms with van der Waals surface area (Å²) >= 11 is 0. The number of rotatable bonds is 2. The number of hydrogen-bond acceptors (Lipinski definition) is 4. The van der Waals surface area contributed by atoms with Gasteiger partial charge in [-0.05, 0) is 28.6 Å². The van der Waals surface area contributed by atoms with Crippen molar-refractivity contribution in [1.29, 1.82) is 0 Å². The molecular weight excluding hydrogens is 324 g/mol. The van der Waals surface area contributed by atoms with Crippen molar-refractivity contribution in [3.8, 4) is 5.69 Å². The van der Waals surface area contributed by atoms with Gasteiger partial charge in [0.25, 0.3) is 0 Å². The van der Waals surface area contributed by atoms with E-state index in [2.05, 4.69) is 25.2 Å². The van der Waals surface area contributed by atoms with E-state index in [0.29, 0.717) is 17.1 Å². The summed E-state index contributed by atoms with van der Waals surface area (Å²) in [6.45, 7) is 13.4. The van der Waals surface area contributed by atoms with Crippen LogP contribution in [0.4, 0.5) is 11.4 Å². The molecule has 9 nitrogen and oxygen atoms in total. The average Bonchev–Trinajstić information content (AvgIpc) is 3.08. The molecule has 3 rings (SSSR count). The van der Waals surface area contributed by atoms with E-state index >= 15 is 0 Å². The van der Waals surface area contributed by atoms with E-state index in [0.717, 1.165) is 4.68 Å². The molecule has 122 valence electrons. The molecule has 2 aromatic carbocycles. The minimum Gasteiger partial charge on any atom is -0.478 e. The van der Waals surface area contributed by atoms with Crippen LogP contribution in [-0.2, 0) is 0 Å². The van der Waals surface area contributed by atoms with Crippen LogP contribution in [0.5, 0.6) is 0 Å². The molecule has 0 spiro atoms. The van der Waals surface area contributed by atoms with Gasteiger partial charge in [0.1, 0.15) is 0 Å². The Balaban J connectivity index is 0.000000186. The third kappa shape index (κ3) is 4.37. The number of nitrogens with zero attached hydrogens (tertiary/aromatic N) is 5. The molecule has 0 aliphatic heterocycles. The number of hydrogen-bond donors (Lipinski definition) is 2. The summed E-state index contributed by atoms with van der Waals surface area (Å²) in [7, 11) is 0. The number of aromatic amines is 1.